The number of rotatable bonds is 6. The second-order valence-electron chi connectivity index (χ2n) is 5.94. The largest absolute Gasteiger partial charge is 0.350 e. The molecule has 28 heavy (non-hydrogen) atoms. The Morgan fingerprint density at radius 2 is 1.82 bits per heavy atom. The minimum atomic E-state index is -3.83. The van der Waals surface area contributed by atoms with Gasteiger partial charge in [-0.1, -0.05) is 41.9 Å². The smallest absolute Gasteiger partial charge is 0.255 e. The maximum Gasteiger partial charge on any atom is 0.255 e. The van der Waals surface area contributed by atoms with Crippen LogP contribution in [-0.4, -0.2) is 25.9 Å². The van der Waals surface area contributed by atoms with Crippen molar-refractivity contribution in [2.75, 3.05) is 6.54 Å². The summed E-state index contributed by atoms with van der Waals surface area (Å²) in [6.07, 6.45) is 2.95. The van der Waals surface area contributed by atoms with Gasteiger partial charge in [-0.15, -0.1) is 0 Å². The molecule has 0 spiro atoms. The van der Waals surface area contributed by atoms with Crippen LogP contribution in [0.3, 0.4) is 0 Å². The van der Waals surface area contributed by atoms with Crippen LogP contribution in [0.2, 0.25) is 5.02 Å². The van der Waals surface area contributed by atoms with Crippen molar-refractivity contribution in [2.45, 2.75) is 10.1 Å². The third-order valence-corrected chi connectivity index (χ3v) is 6.57. The van der Waals surface area contributed by atoms with Crippen molar-refractivity contribution in [2.24, 2.45) is 0 Å². The number of carbonyl (C=O) groups excluding carboxylic acids is 1. The number of nitrogens with one attached hydrogen (secondary N) is 1. The normalized spacial score (nSPS) is 12.4. The number of carbonyl (C=O) groups is 1. The molecule has 144 valence electrons. The molecular formula is C20H16ClFN2O3S. The van der Waals surface area contributed by atoms with Gasteiger partial charge in [0.2, 0.25) is 0 Å². The molecule has 1 N–H and O–H groups in total. The van der Waals surface area contributed by atoms with Crippen LogP contribution in [0.25, 0.3) is 0 Å². The van der Waals surface area contributed by atoms with E-state index in [2.05, 4.69) is 10.3 Å². The summed E-state index contributed by atoms with van der Waals surface area (Å²) in [5.41, 5.74) is 0.0810. The predicted octanol–water partition coefficient (Wildman–Crippen LogP) is 3.82. The van der Waals surface area contributed by atoms with Crippen LogP contribution in [-0.2, 0) is 9.84 Å². The van der Waals surface area contributed by atoms with Crippen molar-refractivity contribution in [3.05, 3.63) is 95.0 Å². The van der Waals surface area contributed by atoms with E-state index in [0.29, 0.717) is 5.56 Å². The van der Waals surface area contributed by atoms with Gasteiger partial charge in [-0.05, 0) is 35.9 Å². The van der Waals surface area contributed by atoms with Crippen LogP contribution in [0.15, 0.2) is 78.0 Å². The van der Waals surface area contributed by atoms with Gasteiger partial charge in [0.25, 0.3) is 5.91 Å². The number of amides is 1. The molecule has 8 heteroatoms. The number of pyridine rings is 1. The van der Waals surface area contributed by atoms with Crippen molar-refractivity contribution >= 4 is 27.3 Å². The van der Waals surface area contributed by atoms with E-state index in [9.17, 15) is 17.6 Å². The van der Waals surface area contributed by atoms with E-state index in [1.54, 1.807) is 30.3 Å². The van der Waals surface area contributed by atoms with Crippen LogP contribution in [0.5, 0.6) is 0 Å². The SMILES string of the molecule is O=C(NCC(c1cccnc1)S(=O)(=O)c1ccccc1)c1c(F)cccc1Cl. The zero-order valence-electron chi connectivity index (χ0n) is 14.5. The van der Waals surface area contributed by atoms with Crippen LogP contribution < -0.4 is 5.32 Å². The van der Waals surface area contributed by atoms with Crippen LogP contribution >= 0.6 is 11.6 Å². The molecule has 0 saturated carbocycles. The molecule has 0 saturated heterocycles. The first kappa shape index (κ1) is 20.0. The fraction of sp³-hybridized carbons (Fsp3) is 0.100. The fourth-order valence-corrected chi connectivity index (χ4v) is 4.65. The van der Waals surface area contributed by atoms with E-state index in [-0.39, 0.29) is 22.0 Å². The molecule has 0 fully saturated rings. The highest BCUT2D eigenvalue weighted by molar-refractivity contribution is 7.91. The van der Waals surface area contributed by atoms with Gasteiger partial charge in [-0.3, -0.25) is 9.78 Å². The van der Waals surface area contributed by atoms with E-state index >= 15 is 0 Å². The third kappa shape index (κ3) is 4.21. The Balaban J connectivity index is 1.92. The average molecular weight is 419 g/mol. The summed E-state index contributed by atoms with van der Waals surface area (Å²) in [5, 5.41) is 1.33. The Hall–Kier alpha value is -2.77. The molecule has 5 nitrogen and oxygen atoms in total. The lowest BCUT2D eigenvalue weighted by molar-refractivity contribution is 0.0950. The summed E-state index contributed by atoms with van der Waals surface area (Å²) in [7, 11) is -3.83. The molecule has 0 aliphatic rings. The third-order valence-electron chi connectivity index (χ3n) is 4.14. The number of halogens is 2. The Bertz CT molecular complexity index is 1060. The molecule has 1 atom stereocenters. The topological polar surface area (TPSA) is 76.1 Å². The molecule has 3 rings (SSSR count). The van der Waals surface area contributed by atoms with Gasteiger partial charge in [-0.25, -0.2) is 12.8 Å². The Labute approximate surface area is 167 Å². The molecule has 3 aromatic rings. The standard InChI is InChI=1S/C20H16ClFN2O3S/c21-16-9-4-10-17(22)19(16)20(25)24-13-18(14-6-5-11-23-12-14)28(26,27)15-7-2-1-3-8-15/h1-12,18H,13H2,(H,24,25). The molecule has 0 radical (unpaired) electrons. The van der Waals surface area contributed by atoms with E-state index in [1.807, 2.05) is 0 Å². The average Bonchev–Trinajstić information content (AvgIpc) is 2.69. The van der Waals surface area contributed by atoms with Gasteiger partial charge in [0.05, 0.1) is 15.5 Å². The van der Waals surface area contributed by atoms with Gasteiger partial charge in [0.15, 0.2) is 9.84 Å². The second-order valence-corrected chi connectivity index (χ2v) is 8.48. The first-order chi connectivity index (χ1) is 13.4. The van der Waals surface area contributed by atoms with Crippen LogP contribution in [0.4, 0.5) is 4.39 Å². The monoisotopic (exact) mass is 418 g/mol. The first-order valence-electron chi connectivity index (χ1n) is 8.32. The Morgan fingerprint density at radius 3 is 2.46 bits per heavy atom. The van der Waals surface area contributed by atoms with Crippen molar-refractivity contribution in [1.82, 2.24) is 10.3 Å². The molecule has 1 aromatic heterocycles. The molecule has 2 aromatic carbocycles. The molecular weight excluding hydrogens is 403 g/mol. The van der Waals surface area contributed by atoms with Crippen LogP contribution in [0.1, 0.15) is 21.2 Å². The zero-order chi connectivity index (χ0) is 20.1. The van der Waals surface area contributed by atoms with E-state index in [0.717, 1.165) is 6.07 Å². The predicted molar refractivity (Wildman–Crippen MR) is 104 cm³/mol. The van der Waals surface area contributed by atoms with E-state index < -0.39 is 26.8 Å². The maximum absolute atomic E-state index is 14.0. The minimum absolute atomic E-state index is 0.0543. The zero-order valence-corrected chi connectivity index (χ0v) is 16.1. The molecule has 1 amide bonds. The Kier molecular flexibility index (Phi) is 6.06. The number of hydrogen-bond acceptors (Lipinski definition) is 4. The van der Waals surface area contributed by atoms with Gasteiger partial charge in [-0.2, -0.15) is 0 Å². The van der Waals surface area contributed by atoms with Crippen LogP contribution in [0, 0.1) is 5.82 Å². The number of sulfone groups is 1. The Morgan fingerprint density at radius 1 is 1.07 bits per heavy atom. The summed E-state index contributed by atoms with van der Waals surface area (Å²) in [6.45, 7) is -0.271. The quantitative estimate of drug-likeness (QED) is 0.660. The lowest BCUT2D eigenvalue weighted by atomic mass is 10.1. The summed E-state index contributed by atoms with van der Waals surface area (Å²) in [4.78, 5) is 16.5. The highest BCUT2D eigenvalue weighted by Gasteiger charge is 2.30. The number of nitrogens with zero attached hydrogens (tertiary/aromatic N) is 1. The molecule has 0 aliphatic carbocycles. The minimum Gasteiger partial charge on any atom is -0.350 e. The van der Waals surface area contributed by atoms with E-state index in [1.165, 1.54) is 36.7 Å². The van der Waals surface area contributed by atoms with Crippen molar-refractivity contribution in [3.63, 3.8) is 0 Å². The summed E-state index contributed by atoms with van der Waals surface area (Å²) >= 11 is 5.91. The second kappa shape index (κ2) is 8.50. The number of benzene rings is 2. The van der Waals surface area contributed by atoms with Gasteiger partial charge >= 0.3 is 0 Å². The maximum atomic E-state index is 14.0. The molecule has 1 heterocycles. The van der Waals surface area contributed by atoms with E-state index in [4.69, 9.17) is 11.6 Å². The summed E-state index contributed by atoms with van der Waals surface area (Å²) in [6, 6.07) is 15.0. The van der Waals surface area contributed by atoms with Gasteiger partial charge in [0, 0.05) is 18.9 Å². The van der Waals surface area contributed by atoms with Gasteiger partial charge in [0.1, 0.15) is 11.1 Å². The fourth-order valence-electron chi connectivity index (χ4n) is 2.74. The molecule has 1 unspecified atom stereocenters. The van der Waals surface area contributed by atoms with Crippen molar-refractivity contribution < 1.29 is 17.6 Å². The van der Waals surface area contributed by atoms with Crippen molar-refractivity contribution in [1.29, 1.82) is 0 Å². The summed E-state index contributed by atoms with van der Waals surface area (Å²) < 4.78 is 40.2. The number of hydrogen-bond donors (Lipinski definition) is 1. The first-order valence-corrected chi connectivity index (χ1v) is 10.2. The lowest BCUT2D eigenvalue weighted by Gasteiger charge is -2.19. The molecule has 0 bridgehead atoms. The molecule has 0 aliphatic heterocycles. The lowest BCUT2D eigenvalue weighted by Crippen LogP contribution is -2.32. The summed E-state index contributed by atoms with van der Waals surface area (Å²) in [5.74, 6) is -1.57. The van der Waals surface area contributed by atoms with Gasteiger partial charge < -0.3 is 5.32 Å². The highest BCUT2D eigenvalue weighted by atomic mass is 35.5. The van der Waals surface area contributed by atoms with Crippen molar-refractivity contribution in [3.8, 4) is 0 Å². The highest BCUT2D eigenvalue weighted by Crippen LogP contribution is 2.28. The number of aromatic nitrogens is 1.